The van der Waals surface area contributed by atoms with Crippen molar-refractivity contribution in [1.82, 2.24) is 58.9 Å². The molecule has 1 heterocycles. The van der Waals surface area contributed by atoms with Crippen LogP contribution in [0.4, 0.5) is 0 Å². The van der Waals surface area contributed by atoms with Gasteiger partial charge in [-0.3, -0.25) is 52.7 Å². The average Bonchev–Trinajstić information content (AvgIpc) is 1.80. The maximum absolute atomic E-state index is 15.2. The van der Waals surface area contributed by atoms with E-state index in [4.69, 9.17) is 31.4 Å². The molecule has 11 amide bonds. The lowest BCUT2D eigenvalue weighted by molar-refractivity contribution is -0.150. The Bertz CT molecular complexity index is 3330. The zero-order valence-corrected chi connectivity index (χ0v) is 62.6. The quantitative estimate of drug-likeness (QED) is 0.0328. The van der Waals surface area contributed by atoms with Crippen LogP contribution in [-0.2, 0) is 73.5 Å². The number of nitrogens with two attached hydrogens (primary N) is 3. The molecule has 3 aromatic carbocycles. The van der Waals surface area contributed by atoms with Crippen LogP contribution in [0.1, 0.15) is 95.0 Å². The van der Waals surface area contributed by atoms with Crippen LogP contribution in [0, 0.1) is 0 Å². The number of fused-ring (bicyclic) bond motifs is 1. The monoisotopic (exact) mass is 1470 g/mol. The molecule has 1 aromatic heterocycles. The summed E-state index contributed by atoms with van der Waals surface area (Å²) in [6.07, 6.45) is 4.14. The fourth-order valence-electron chi connectivity index (χ4n) is 11.7. The van der Waals surface area contributed by atoms with E-state index >= 15 is 9.59 Å². The molecule has 582 valence electrons. The summed E-state index contributed by atoms with van der Waals surface area (Å²) < 4.78 is 15.7. The number of aromatic nitrogens is 1. The van der Waals surface area contributed by atoms with Crippen LogP contribution in [0.5, 0.6) is 0 Å². The lowest BCUT2D eigenvalue weighted by Crippen LogP contribution is -2.53. The molecular formula is C74H115N15O16. The number of amides is 11. The third-order valence-electron chi connectivity index (χ3n) is 18.1. The highest BCUT2D eigenvalue weighted by Crippen LogP contribution is 2.25. The summed E-state index contributed by atoms with van der Waals surface area (Å²) in [6.45, 7) is 1.15. The summed E-state index contributed by atoms with van der Waals surface area (Å²) in [6, 6.07) is 23.5. The molecule has 0 spiro atoms. The van der Waals surface area contributed by atoms with Crippen molar-refractivity contribution < 1.29 is 77.2 Å². The van der Waals surface area contributed by atoms with Crippen molar-refractivity contribution in [3.63, 3.8) is 0 Å². The standard InChI is InChI=1S/C74H115N15O16/c1-8-79(37-42-103-5)65(93)48-84(35-40-90)68(96)49-81(32-20-17-29-75)71(99)55-88(57(2)60-23-11-9-12-24-60)73(101)53-82(33-21-18-30-76)66(94)50-85(36-41-91)72(100)56-89(58(3)61-25-13-10-14-26-61)74(102)54-83(34-22-19-31-77)67(95)51-86(39-44-105-7)69(97)52-87(70(98)47-80(59(4)92)38-43-104-6)46-62-45-78-64-28-16-15-27-63(62)64/h9-16,23-28,45,57-58,78,90-91H,8,17-22,29-44,46-56,75-77H2,1-7H3/t57-,58-/m0/s1. The van der Waals surface area contributed by atoms with Crippen LogP contribution in [0.25, 0.3) is 10.9 Å². The van der Waals surface area contributed by atoms with Crippen LogP contribution >= 0.6 is 0 Å². The normalized spacial score (nSPS) is 11.7. The van der Waals surface area contributed by atoms with Gasteiger partial charge in [-0.05, 0) is 102 Å². The highest BCUT2D eigenvalue weighted by Gasteiger charge is 2.35. The van der Waals surface area contributed by atoms with Crippen molar-refractivity contribution in [3.05, 3.63) is 108 Å². The van der Waals surface area contributed by atoms with Gasteiger partial charge in [0.15, 0.2) is 0 Å². The summed E-state index contributed by atoms with van der Waals surface area (Å²) in [7, 11) is 4.40. The first-order valence-electron chi connectivity index (χ1n) is 36.0. The minimum absolute atomic E-state index is 0.00267. The van der Waals surface area contributed by atoms with Crippen LogP contribution in [0.3, 0.4) is 0 Å². The minimum Gasteiger partial charge on any atom is -0.395 e. The Morgan fingerprint density at radius 1 is 0.390 bits per heavy atom. The number of para-hydroxylation sites is 1. The second-order valence-electron chi connectivity index (χ2n) is 25.5. The molecule has 105 heavy (non-hydrogen) atoms. The van der Waals surface area contributed by atoms with E-state index in [1.807, 2.05) is 24.3 Å². The van der Waals surface area contributed by atoms with E-state index in [1.165, 1.54) is 77.3 Å². The number of carbonyl (C=O) groups is 11. The van der Waals surface area contributed by atoms with E-state index in [2.05, 4.69) is 4.98 Å². The Morgan fingerprint density at radius 2 is 0.705 bits per heavy atom. The fourth-order valence-corrected chi connectivity index (χ4v) is 11.7. The number of unbranched alkanes of at least 4 members (excludes halogenated alkanes) is 3. The number of nitrogens with zero attached hydrogens (tertiary/aromatic N) is 11. The first-order valence-corrected chi connectivity index (χ1v) is 36.0. The number of hydrogen-bond acceptors (Lipinski definition) is 19. The molecule has 9 N–H and O–H groups in total. The molecule has 0 saturated heterocycles. The first-order chi connectivity index (χ1) is 50.5. The number of aliphatic hydroxyl groups excluding tert-OH is 2. The largest absolute Gasteiger partial charge is 0.395 e. The highest BCUT2D eigenvalue weighted by atomic mass is 16.5. The molecule has 0 aliphatic carbocycles. The van der Waals surface area contributed by atoms with Gasteiger partial charge in [0.1, 0.15) is 19.6 Å². The summed E-state index contributed by atoms with van der Waals surface area (Å²) in [5, 5.41) is 21.4. The number of aromatic amines is 1. The van der Waals surface area contributed by atoms with Crippen molar-refractivity contribution in [2.75, 3.05) is 198 Å². The second kappa shape index (κ2) is 49.0. The van der Waals surface area contributed by atoms with Crippen molar-refractivity contribution in [1.29, 1.82) is 0 Å². The SMILES string of the molecule is CCN(CCOC)C(=O)CN(CCO)C(=O)CN(CCCCN)C(=O)CN(C(=O)CN(CCCCN)C(=O)CN(CCO)C(=O)CN(C(=O)CN(CCCCN)C(=O)CN(CCOC)C(=O)CN(Cc1c[nH]c2ccccc12)C(=O)CN(CCOC)C(C)=O)[C@@H](C)c1ccccc1)[C@@H](C)c1ccccc1. The van der Waals surface area contributed by atoms with Gasteiger partial charge in [-0.1, -0.05) is 78.9 Å². The Hall–Kier alpha value is -8.95. The third-order valence-corrected chi connectivity index (χ3v) is 18.1. The van der Waals surface area contributed by atoms with Gasteiger partial charge in [-0.15, -0.1) is 0 Å². The molecule has 0 saturated carbocycles. The third kappa shape index (κ3) is 29.8. The molecule has 4 rings (SSSR count). The summed E-state index contributed by atoms with van der Waals surface area (Å²) in [5.74, 6) is -6.74. The Labute approximate surface area is 617 Å². The van der Waals surface area contributed by atoms with Gasteiger partial charge in [-0.25, -0.2) is 0 Å². The Kier molecular flexibility index (Phi) is 41.2. The summed E-state index contributed by atoms with van der Waals surface area (Å²) >= 11 is 0. The molecular weight excluding hydrogens is 1350 g/mol. The van der Waals surface area contributed by atoms with Crippen molar-refractivity contribution >= 4 is 75.9 Å². The number of benzene rings is 3. The molecule has 0 bridgehead atoms. The first kappa shape index (κ1) is 88.4. The van der Waals surface area contributed by atoms with E-state index < -0.39 is 137 Å². The van der Waals surface area contributed by atoms with E-state index in [9.17, 15) is 53.4 Å². The van der Waals surface area contributed by atoms with Gasteiger partial charge in [0.2, 0.25) is 65.0 Å². The van der Waals surface area contributed by atoms with Gasteiger partial charge < -0.3 is 101 Å². The van der Waals surface area contributed by atoms with Crippen LogP contribution in [0.2, 0.25) is 0 Å². The van der Waals surface area contributed by atoms with Gasteiger partial charge in [0.25, 0.3) is 0 Å². The predicted octanol–water partition coefficient (Wildman–Crippen LogP) is 0.485. The van der Waals surface area contributed by atoms with Crippen LogP contribution in [-0.4, -0.2) is 332 Å². The average molecular weight is 1470 g/mol. The van der Waals surface area contributed by atoms with Crippen LogP contribution in [0.15, 0.2) is 91.1 Å². The number of likely N-dealkylation sites (N-methyl/N-ethyl adjacent to an activating group) is 1. The minimum atomic E-state index is -0.837. The molecule has 2 atom stereocenters. The zero-order chi connectivity index (χ0) is 77.2. The van der Waals surface area contributed by atoms with E-state index in [0.717, 1.165) is 15.8 Å². The lowest BCUT2D eigenvalue weighted by Gasteiger charge is -2.35. The second-order valence-corrected chi connectivity index (χ2v) is 25.5. The number of aliphatic hydroxyl groups is 2. The van der Waals surface area contributed by atoms with E-state index in [-0.39, 0.29) is 117 Å². The number of hydrogen-bond donors (Lipinski definition) is 6. The fraction of sp³-hybridized carbons (Fsp3) is 0.581. The topological polar surface area (TPSA) is 385 Å². The molecule has 31 heteroatoms. The molecule has 0 fully saturated rings. The van der Waals surface area contributed by atoms with Gasteiger partial charge in [0, 0.05) is 111 Å². The van der Waals surface area contributed by atoms with Gasteiger partial charge in [-0.2, -0.15) is 0 Å². The van der Waals surface area contributed by atoms with E-state index in [0.29, 0.717) is 61.8 Å². The maximum Gasteiger partial charge on any atom is 0.243 e. The zero-order valence-electron chi connectivity index (χ0n) is 62.6. The van der Waals surface area contributed by atoms with Gasteiger partial charge >= 0.3 is 0 Å². The molecule has 0 aliphatic rings. The number of ether oxygens (including phenoxy) is 3. The molecule has 0 radical (unpaired) electrons. The Morgan fingerprint density at radius 3 is 1.09 bits per heavy atom. The number of carbonyl (C=O) groups excluding carboxylic acids is 11. The lowest BCUT2D eigenvalue weighted by atomic mass is 10.1. The number of nitrogens with one attached hydrogen (secondary N) is 1. The van der Waals surface area contributed by atoms with Crippen molar-refractivity contribution in [2.45, 2.75) is 84.8 Å². The number of methoxy groups -OCH3 is 3. The summed E-state index contributed by atoms with van der Waals surface area (Å²) in [4.78, 5) is 176. The number of rotatable bonds is 52. The number of H-pyrrole nitrogens is 1. The molecule has 4 aromatic rings. The highest BCUT2D eigenvalue weighted by molar-refractivity contribution is 5.95. The molecule has 31 nitrogen and oxygen atoms in total. The molecule has 0 unspecified atom stereocenters. The Balaban J connectivity index is 1.68. The smallest absolute Gasteiger partial charge is 0.243 e. The van der Waals surface area contributed by atoms with Crippen molar-refractivity contribution in [3.8, 4) is 0 Å². The van der Waals surface area contributed by atoms with E-state index in [1.54, 1.807) is 87.6 Å². The maximum atomic E-state index is 15.2. The predicted molar refractivity (Wildman–Crippen MR) is 396 cm³/mol. The van der Waals surface area contributed by atoms with Gasteiger partial charge in [0.05, 0.1) is 90.9 Å². The summed E-state index contributed by atoms with van der Waals surface area (Å²) in [5.41, 5.74) is 20.5. The van der Waals surface area contributed by atoms with Crippen molar-refractivity contribution in [2.24, 2.45) is 17.2 Å². The van der Waals surface area contributed by atoms with Crippen LogP contribution < -0.4 is 17.2 Å². The molecule has 0 aliphatic heterocycles.